The van der Waals surface area contributed by atoms with Gasteiger partial charge in [-0.05, 0) is 17.7 Å². The number of rotatable bonds is 10. The molecule has 1 unspecified atom stereocenters. The molecule has 0 spiro atoms. The molecule has 0 aromatic heterocycles. The first-order chi connectivity index (χ1) is 15.7. The fourth-order valence-corrected chi connectivity index (χ4v) is 2.80. The second-order valence-corrected chi connectivity index (χ2v) is 7.57. The van der Waals surface area contributed by atoms with Gasteiger partial charge in [0, 0.05) is 18.6 Å². The predicted octanol–water partition coefficient (Wildman–Crippen LogP) is 8.43. The van der Waals surface area contributed by atoms with Crippen molar-refractivity contribution in [2.24, 2.45) is 0 Å². The van der Waals surface area contributed by atoms with Crippen LogP contribution in [0, 0.1) is 0 Å². The quantitative estimate of drug-likeness (QED) is 0.249. The number of hydrogen-bond acceptors (Lipinski definition) is 1. The molecular formula is C17H10ClF17O. The monoisotopic (exact) mass is 588 g/mol. The zero-order valence-corrected chi connectivity index (χ0v) is 17.6. The molecule has 0 fully saturated rings. The van der Waals surface area contributed by atoms with E-state index in [2.05, 4.69) is 4.74 Å². The van der Waals surface area contributed by atoms with Crippen LogP contribution in [0.1, 0.15) is 18.1 Å². The zero-order chi connectivity index (χ0) is 29.0. The standard InChI is InChI=1S/C17H10ClF17O/c1-36-9(7-3-2-4-8(18)5-7)6-10(19,20)11(21,22)12(23,24)13(25,26)14(27,28)15(29,30)16(31,32)17(33,34)35/h2-5,9H,6H2,1H3. The summed E-state index contributed by atoms with van der Waals surface area (Å²) in [5, 5.41) is -0.283. The van der Waals surface area contributed by atoms with E-state index in [0.717, 1.165) is 24.3 Å². The van der Waals surface area contributed by atoms with Gasteiger partial charge >= 0.3 is 47.6 Å². The molecule has 19 heteroatoms. The number of halogens is 18. The molecule has 1 atom stereocenters. The van der Waals surface area contributed by atoms with E-state index in [1.54, 1.807) is 0 Å². The van der Waals surface area contributed by atoms with Crippen molar-refractivity contribution < 1.29 is 79.4 Å². The van der Waals surface area contributed by atoms with Crippen LogP contribution in [0.4, 0.5) is 74.6 Å². The summed E-state index contributed by atoms with van der Waals surface area (Å²) >= 11 is 5.50. The van der Waals surface area contributed by atoms with E-state index in [4.69, 9.17) is 11.6 Å². The highest BCUT2D eigenvalue weighted by atomic mass is 35.5. The average molecular weight is 589 g/mol. The highest BCUT2D eigenvalue weighted by Gasteiger charge is 2.95. The van der Waals surface area contributed by atoms with Gasteiger partial charge in [0.1, 0.15) is 0 Å². The summed E-state index contributed by atoms with van der Waals surface area (Å²) in [5.41, 5.74) is -0.586. The highest BCUT2D eigenvalue weighted by Crippen LogP contribution is 2.64. The minimum absolute atomic E-state index is 0.283. The first-order valence-corrected chi connectivity index (χ1v) is 9.05. The third-order valence-electron chi connectivity index (χ3n) is 4.73. The first kappa shape index (κ1) is 32.3. The normalized spacial score (nSPS) is 16.3. The summed E-state index contributed by atoms with van der Waals surface area (Å²) in [4.78, 5) is 0. The van der Waals surface area contributed by atoms with E-state index >= 15 is 0 Å². The Morgan fingerprint density at radius 1 is 0.639 bits per heavy atom. The molecule has 0 heterocycles. The molecule has 0 amide bonds. The molecular weight excluding hydrogens is 579 g/mol. The van der Waals surface area contributed by atoms with Gasteiger partial charge in [0.15, 0.2) is 0 Å². The summed E-state index contributed by atoms with van der Waals surface area (Å²) in [6.07, 6.45) is -12.9. The van der Waals surface area contributed by atoms with Crippen LogP contribution in [0.5, 0.6) is 0 Å². The fraction of sp³-hybridized carbons (Fsp3) is 0.647. The highest BCUT2D eigenvalue weighted by molar-refractivity contribution is 6.30. The van der Waals surface area contributed by atoms with Crippen LogP contribution in [0.2, 0.25) is 5.02 Å². The van der Waals surface area contributed by atoms with Crippen molar-refractivity contribution in [2.45, 2.75) is 60.2 Å². The third-order valence-corrected chi connectivity index (χ3v) is 4.97. The number of benzene rings is 1. The molecule has 0 N–H and O–H groups in total. The number of methoxy groups -OCH3 is 1. The van der Waals surface area contributed by atoms with Gasteiger partial charge in [0.25, 0.3) is 0 Å². The van der Waals surface area contributed by atoms with Crippen molar-refractivity contribution in [3.8, 4) is 0 Å². The van der Waals surface area contributed by atoms with Gasteiger partial charge in [-0.3, -0.25) is 0 Å². The van der Waals surface area contributed by atoms with Crippen LogP contribution < -0.4 is 0 Å². The van der Waals surface area contributed by atoms with Crippen LogP contribution in [0.15, 0.2) is 24.3 Å². The zero-order valence-electron chi connectivity index (χ0n) is 16.8. The molecule has 0 radical (unpaired) electrons. The molecule has 210 valence electrons. The summed E-state index contributed by atoms with van der Waals surface area (Å²) in [6.45, 7) is 0. The van der Waals surface area contributed by atoms with E-state index in [-0.39, 0.29) is 5.02 Å². The van der Waals surface area contributed by atoms with Crippen molar-refractivity contribution >= 4 is 11.6 Å². The minimum atomic E-state index is -8.66. The SMILES string of the molecule is COC(CC(F)(F)C(F)(F)C(F)(F)C(F)(F)C(F)(F)C(F)(F)C(F)(F)C(F)(F)F)c1cccc(Cl)c1. The number of alkyl halides is 17. The Morgan fingerprint density at radius 2 is 1.03 bits per heavy atom. The van der Waals surface area contributed by atoms with Gasteiger partial charge in [0.2, 0.25) is 0 Å². The van der Waals surface area contributed by atoms with E-state index in [0.29, 0.717) is 7.11 Å². The molecule has 0 aliphatic rings. The van der Waals surface area contributed by atoms with Crippen molar-refractivity contribution in [2.75, 3.05) is 7.11 Å². The topological polar surface area (TPSA) is 9.23 Å². The molecule has 1 aromatic rings. The third kappa shape index (κ3) is 4.67. The molecule has 0 aliphatic carbocycles. The maximum Gasteiger partial charge on any atom is 0.460 e. The Labute approximate surface area is 194 Å². The van der Waals surface area contributed by atoms with Crippen molar-refractivity contribution in [1.82, 2.24) is 0 Å². The predicted molar refractivity (Wildman–Crippen MR) is 86.5 cm³/mol. The Bertz CT molecular complexity index is 924. The van der Waals surface area contributed by atoms with E-state index in [9.17, 15) is 74.6 Å². The second-order valence-electron chi connectivity index (χ2n) is 7.13. The lowest BCUT2D eigenvalue weighted by Gasteiger charge is -2.43. The number of ether oxygens (including phenoxy) is 1. The summed E-state index contributed by atoms with van der Waals surface area (Å²) < 4.78 is 231. The lowest BCUT2D eigenvalue weighted by atomic mass is 9.87. The van der Waals surface area contributed by atoms with Gasteiger partial charge in [-0.1, -0.05) is 23.7 Å². The van der Waals surface area contributed by atoms with E-state index in [1.807, 2.05) is 0 Å². The van der Waals surface area contributed by atoms with Crippen molar-refractivity contribution in [3.05, 3.63) is 34.9 Å². The van der Waals surface area contributed by atoms with E-state index < -0.39 is 65.7 Å². The lowest BCUT2D eigenvalue weighted by Crippen LogP contribution is -2.74. The smallest absolute Gasteiger partial charge is 0.377 e. The molecule has 1 aromatic carbocycles. The van der Waals surface area contributed by atoms with Crippen LogP contribution >= 0.6 is 11.6 Å². The molecule has 0 saturated carbocycles. The lowest BCUT2D eigenvalue weighted by molar-refractivity contribution is -0.462. The molecule has 1 rings (SSSR count). The average Bonchev–Trinajstić information content (AvgIpc) is 2.70. The molecule has 0 aliphatic heterocycles. The van der Waals surface area contributed by atoms with Gasteiger partial charge < -0.3 is 4.74 Å². The molecule has 0 saturated heterocycles. The Hall–Kier alpha value is -1.72. The van der Waals surface area contributed by atoms with Crippen LogP contribution in [-0.2, 0) is 4.74 Å². The second kappa shape index (κ2) is 9.23. The fourth-order valence-electron chi connectivity index (χ4n) is 2.60. The minimum Gasteiger partial charge on any atom is -0.377 e. The molecule has 1 nitrogen and oxygen atoms in total. The largest absolute Gasteiger partial charge is 0.460 e. The Balaban J connectivity index is 3.58. The first-order valence-electron chi connectivity index (χ1n) is 8.67. The Kier molecular flexibility index (Phi) is 8.29. The van der Waals surface area contributed by atoms with Crippen LogP contribution in [-0.4, -0.2) is 54.7 Å². The van der Waals surface area contributed by atoms with Gasteiger partial charge in [-0.15, -0.1) is 0 Å². The Morgan fingerprint density at radius 3 is 1.39 bits per heavy atom. The van der Waals surface area contributed by atoms with Gasteiger partial charge in [-0.2, -0.15) is 74.6 Å². The summed E-state index contributed by atoms with van der Waals surface area (Å²) in [5.74, 6) is -56.6. The van der Waals surface area contributed by atoms with Gasteiger partial charge in [0.05, 0.1) is 6.10 Å². The van der Waals surface area contributed by atoms with Gasteiger partial charge in [-0.25, -0.2) is 0 Å². The van der Waals surface area contributed by atoms with Crippen molar-refractivity contribution in [1.29, 1.82) is 0 Å². The van der Waals surface area contributed by atoms with Crippen LogP contribution in [0.3, 0.4) is 0 Å². The van der Waals surface area contributed by atoms with Crippen LogP contribution in [0.25, 0.3) is 0 Å². The molecule has 36 heavy (non-hydrogen) atoms. The van der Waals surface area contributed by atoms with Crippen molar-refractivity contribution in [3.63, 3.8) is 0 Å². The van der Waals surface area contributed by atoms with E-state index in [1.165, 1.54) is 0 Å². The molecule has 0 bridgehead atoms. The summed E-state index contributed by atoms with van der Waals surface area (Å²) in [6, 6.07) is 3.60. The number of hydrogen-bond donors (Lipinski definition) is 0. The summed E-state index contributed by atoms with van der Waals surface area (Å²) in [7, 11) is 0.500. The maximum absolute atomic E-state index is 14.1. The maximum atomic E-state index is 14.1.